The topological polar surface area (TPSA) is 26.0 Å². The highest BCUT2D eigenvalue weighted by Gasteiger charge is 2.03. The molecule has 0 bridgehead atoms. The van der Waals surface area contributed by atoms with Crippen LogP contribution in [0.1, 0.15) is 22.6 Å². The van der Waals surface area contributed by atoms with E-state index in [1.165, 1.54) is 16.0 Å². The molecule has 84 valence electrons. The van der Waals surface area contributed by atoms with Gasteiger partial charge in [0.05, 0.1) is 5.69 Å². The second kappa shape index (κ2) is 4.74. The number of rotatable bonds is 3. The van der Waals surface area contributed by atoms with Gasteiger partial charge in [-0.15, -0.1) is 11.8 Å². The van der Waals surface area contributed by atoms with E-state index in [0.717, 1.165) is 17.2 Å². The highest BCUT2D eigenvalue weighted by molar-refractivity contribution is 7.98. The lowest BCUT2D eigenvalue weighted by molar-refractivity contribution is 0.393. The summed E-state index contributed by atoms with van der Waals surface area (Å²) in [5, 5.41) is 3.99. The summed E-state index contributed by atoms with van der Waals surface area (Å²) >= 11 is 1.81. The van der Waals surface area contributed by atoms with E-state index in [1.54, 1.807) is 11.8 Å². The maximum Gasteiger partial charge on any atom is 0.133 e. The van der Waals surface area contributed by atoms with Crippen LogP contribution in [0, 0.1) is 20.8 Å². The Morgan fingerprint density at radius 2 is 2.00 bits per heavy atom. The molecule has 0 amide bonds. The molecule has 2 rings (SSSR count). The normalized spacial score (nSPS) is 10.7. The van der Waals surface area contributed by atoms with E-state index in [-0.39, 0.29) is 0 Å². The average Bonchev–Trinajstić information content (AvgIpc) is 2.66. The number of hydrogen-bond acceptors (Lipinski definition) is 3. The van der Waals surface area contributed by atoms with E-state index in [0.29, 0.717) is 0 Å². The number of thioether (sulfide) groups is 1. The molecule has 16 heavy (non-hydrogen) atoms. The molecule has 1 aromatic heterocycles. The molecular weight excluding hydrogens is 218 g/mol. The summed E-state index contributed by atoms with van der Waals surface area (Å²) in [4.78, 5) is 1.32. The molecule has 0 saturated heterocycles. The maximum atomic E-state index is 5.04. The first-order chi connectivity index (χ1) is 7.65. The van der Waals surface area contributed by atoms with Gasteiger partial charge in [-0.05, 0) is 32.4 Å². The monoisotopic (exact) mass is 233 g/mol. The van der Waals surface area contributed by atoms with Gasteiger partial charge in [-0.2, -0.15) is 0 Å². The van der Waals surface area contributed by atoms with Crippen LogP contribution in [-0.2, 0) is 5.75 Å². The van der Waals surface area contributed by atoms with Crippen molar-refractivity contribution in [2.75, 3.05) is 0 Å². The lowest BCUT2D eigenvalue weighted by Crippen LogP contribution is -1.84. The smallest absolute Gasteiger partial charge is 0.133 e. The minimum Gasteiger partial charge on any atom is -0.361 e. The van der Waals surface area contributed by atoms with Crippen LogP contribution in [0.25, 0.3) is 0 Å². The molecule has 2 nitrogen and oxygen atoms in total. The third kappa shape index (κ3) is 2.67. The Kier molecular flexibility index (Phi) is 3.34. The fraction of sp³-hybridized carbons (Fsp3) is 0.308. The molecule has 0 saturated carbocycles. The number of benzene rings is 1. The van der Waals surface area contributed by atoms with Crippen LogP contribution in [0.4, 0.5) is 0 Å². The van der Waals surface area contributed by atoms with Crippen molar-refractivity contribution in [1.29, 1.82) is 0 Å². The van der Waals surface area contributed by atoms with Gasteiger partial charge in [0, 0.05) is 16.7 Å². The van der Waals surface area contributed by atoms with Crippen molar-refractivity contribution < 1.29 is 4.52 Å². The van der Waals surface area contributed by atoms with Gasteiger partial charge in [0.1, 0.15) is 5.76 Å². The van der Waals surface area contributed by atoms with Gasteiger partial charge in [0.2, 0.25) is 0 Å². The number of aryl methyl sites for hydroxylation is 3. The summed E-state index contributed by atoms with van der Waals surface area (Å²) < 4.78 is 5.04. The molecule has 1 heterocycles. The molecule has 0 aliphatic heterocycles. The largest absolute Gasteiger partial charge is 0.361 e. The molecule has 0 atom stereocenters. The van der Waals surface area contributed by atoms with Crippen LogP contribution in [0.15, 0.2) is 33.7 Å². The minimum atomic E-state index is 0.863. The molecular formula is C13H15NOS. The molecule has 0 aliphatic rings. The fourth-order valence-electron chi connectivity index (χ4n) is 1.50. The van der Waals surface area contributed by atoms with Gasteiger partial charge >= 0.3 is 0 Å². The zero-order valence-electron chi connectivity index (χ0n) is 9.78. The molecule has 2 aromatic rings. The van der Waals surface area contributed by atoms with E-state index >= 15 is 0 Å². The lowest BCUT2D eigenvalue weighted by Gasteiger charge is -2.04. The van der Waals surface area contributed by atoms with Crippen molar-refractivity contribution in [3.63, 3.8) is 0 Å². The highest BCUT2D eigenvalue weighted by atomic mass is 32.2. The molecule has 0 N–H and O–H groups in total. The van der Waals surface area contributed by atoms with Gasteiger partial charge in [-0.3, -0.25) is 0 Å². The first-order valence-corrected chi connectivity index (χ1v) is 6.26. The second-order valence-electron chi connectivity index (χ2n) is 3.99. The summed E-state index contributed by atoms with van der Waals surface area (Å²) in [6, 6.07) is 8.50. The van der Waals surface area contributed by atoms with Crippen LogP contribution >= 0.6 is 11.8 Å². The molecule has 0 aliphatic carbocycles. The van der Waals surface area contributed by atoms with Crippen molar-refractivity contribution in [3.05, 3.63) is 46.8 Å². The summed E-state index contributed by atoms with van der Waals surface area (Å²) in [6.45, 7) is 6.17. The van der Waals surface area contributed by atoms with Crippen molar-refractivity contribution in [2.45, 2.75) is 31.4 Å². The molecule has 0 fully saturated rings. The van der Waals surface area contributed by atoms with Crippen LogP contribution in [0.5, 0.6) is 0 Å². The summed E-state index contributed by atoms with van der Waals surface area (Å²) in [7, 11) is 0. The Morgan fingerprint density at radius 1 is 1.19 bits per heavy atom. The quantitative estimate of drug-likeness (QED) is 0.752. The molecule has 0 spiro atoms. The Morgan fingerprint density at radius 3 is 2.69 bits per heavy atom. The van der Waals surface area contributed by atoms with Gasteiger partial charge in [-0.1, -0.05) is 22.9 Å². The van der Waals surface area contributed by atoms with Gasteiger partial charge < -0.3 is 4.52 Å². The number of aromatic nitrogens is 1. The van der Waals surface area contributed by atoms with Crippen LogP contribution in [0.2, 0.25) is 0 Å². The van der Waals surface area contributed by atoms with Crippen LogP contribution in [0.3, 0.4) is 0 Å². The lowest BCUT2D eigenvalue weighted by atomic mass is 10.2. The van der Waals surface area contributed by atoms with E-state index < -0.39 is 0 Å². The summed E-state index contributed by atoms with van der Waals surface area (Å²) in [6.07, 6.45) is 0. The summed E-state index contributed by atoms with van der Waals surface area (Å²) in [5.74, 6) is 1.73. The second-order valence-corrected chi connectivity index (χ2v) is 5.00. The third-order valence-corrected chi connectivity index (χ3v) is 3.59. The maximum absolute atomic E-state index is 5.04. The van der Waals surface area contributed by atoms with E-state index in [9.17, 15) is 0 Å². The number of hydrogen-bond donors (Lipinski definition) is 0. The fourth-order valence-corrected chi connectivity index (χ4v) is 2.50. The average molecular weight is 233 g/mol. The number of nitrogens with zero attached hydrogens (tertiary/aromatic N) is 1. The first-order valence-electron chi connectivity index (χ1n) is 5.27. The first kappa shape index (κ1) is 11.3. The van der Waals surface area contributed by atoms with E-state index in [4.69, 9.17) is 4.52 Å². The zero-order valence-corrected chi connectivity index (χ0v) is 10.6. The minimum absolute atomic E-state index is 0.863. The van der Waals surface area contributed by atoms with Crippen molar-refractivity contribution in [1.82, 2.24) is 5.16 Å². The molecule has 3 heteroatoms. The predicted octanol–water partition coefficient (Wildman–Crippen LogP) is 3.89. The van der Waals surface area contributed by atoms with Gasteiger partial charge in [-0.25, -0.2) is 0 Å². The van der Waals surface area contributed by atoms with Crippen LogP contribution in [-0.4, -0.2) is 5.16 Å². The van der Waals surface area contributed by atoms with Crippen molar-refractivity contribution in [2.24, 2.45) is 0 Å². The van der Waals surface area contributed by atoms with E-state index in [1.807, 2.05) is 13.0 Å². The Hall–Kier alpha value is -1.22. The predicted molar refractivity (Wildman–Crippen MR) is 66.7 cm³/mol. The van der Waals surface area contributed by atoms with E-state index in [2.05, 4.69) is 37.2 Å². The SMILES string of the molecule is Cc1ccc(C)c(SCc2cc(C)on2)c1. The third-order valence-electron chi connectivity index (χ3n) is 2.40. The standard InChI is InChI=1S/C13H15NOS/c1-9-4-5-10(2)13(6-9)16-8-12-7-11(3)15-14-12/h4-7H,8H2,1-3H3. The Balaban J connectivity index is 2.07. The highest BCUT2D eigenvalue weighted by Crippen LogP contribution is 2.26. The van der Waals surface area contributed by atoms with Gasteiger partial charge in [0.25, 0.3) is 0 Å². The Labute approximate surface area is 100 Å². The van der Waals surface area contributed by atoms with Gasteiger partial charge in [0.15, 0.2) is 0 Å². The molecule has 0 unspecified atom stereocenters. The molecule has 0 radical (unpaired) electrons. The summed E-state index contributed by atoms with van der Waals surface area (Å²) in [5.41, 5.74) is 3.61. The van der Waals surface area contributed by atoms with Crippen molar-refractivity contribution in [3.8, 4) is 0 Å². The zero-order chi connectivity index (χ0) is 11.5. The Bertz CT molecular complexity index is 490. The van der Waals surface area contributed by atoms with Crippen LogP contribution < -0.4 is 0 Å². The molecule has 1 aromatic carbocycles. The van der Waals surface area contributed by atoms with Crippen molar-refractivity contribution >= 4 is 11.8 Å².